The topological polar surface area (TPSA) is 49.7 Å². The van der Waals surface area contributed by atoms with Crippen molar-refractivity contribution in [3.05, 3.63) is 29.8 Å². The van der Waals surface area contributed by atoms with Crippen LogP contribution in [0.5, 0.6) is 0 Å². The number of hydrogen-bond donors (Lipinski definition) is 1. The minimum absolute atomic E-state index is 0.243. The van der Waals surface area contributed by atoms with Gasteiger partial charge in [0.05, 0.1) is 11.3 Å². The van der Waals surface area contributed by atoms with Gasteiger partial charge in [0.25, 0.3) is 0 Å². The molecule has 0 aliphatic carbocycles. The monoisotopic (exact) mass is 177 g/mol. The van der Waals surface area contributed by atoms with E-state index in [1.807, 2.05) is 6.92 Å². The molecule has 0 radical (unpaired) electrons. The largest absolute Gasteiger partial charge is 0.478 e. The van der Waals surface area contributed by atoms with E-state index in [0.717, 1.165) is 6.42 Å². The van der Waals surface area contributed by atoms with Crippen LogP contribution in [0.2, 0.25) is 0 Å². The van der Waals surface area contributed by atoms with Crippen molar-refractivity contribution in [3.63, 3.8) is 0 Å². The summed E-state index contributed by atoms with van der Waals surface area (Å²) in [5.41, 5.74) is 0.754. The Morgan fingerprint density at radius 3 is 2.85 bits per heavy atom. The van der Waals surface area contributed by atoms with E-state index in [1.54, 1.807) is 30.5 Å². The fourth-order valence-corrected chi connectivity index (χ4v) is 0.957. The van der Waals surface area contributed by atoms with Gasteiger partial charge in [-0.15, -0.1) is 0 Å². The van der Waals surface area contributed by atoms with Gasteiger partial charge < -0.3 is 5.11 Å². The van der Waals surface area contributed by atoms with Crippen LogP contribution in [0, 0.1) is 0 Å². The third kappa shape index (κ3) is 2.40. The molecule has 0 aromatic heterocycles. The molecular formula is C10H11NO2. The third-order valence-electron chi connectivity index (χ3n) is 1.55. The maximum absolute atomic E-state index is 10.7. The minimum atomic E-state index is -0.941. The maximum atomic E-state index is 10.7. The first-order valence-electron chi connectivity index (χ1n) is 4.10. The molecule has 0 saturated heterocycles. The second-order valence-corrected chi connectivity index (χ2v) is 2.54. The molecule has 13 heavy (non-hydrogen) atoms. The van der Waals surface area contributed by atoms with Crippen LogP contribution in [0.15, 0.2) is 29.3 Å². The lowest BCUT2D eigenvalue weighted by Gasteiger charge is -1.98. The van der Waals surface area contributed by atoms with Crippen LogP contribution < -0.4 is 0 Å². The molecule has 0 saturated carbocycles. The first-order valence-corrected chi connectivity index (χ1v) is 4.10. The Hall–Kier alpha value is -1.64. The Bertz CT molecular complexity index is 331. The summed E-state index contributed by atoms with van der Waals surface area (Å²) < 4.78 is 0. The fourth-order valence-electron chi connectivity index (χ4n) is 0.957. The molecule has 1 aromatic carbocycles. The Labute approximate surface area is 76.7 Å². The van der Waals surface area contributed by atoms with E-state index in [-0.39, 0.29) is 5.56 Å². The van der Waals surface area contributed by atoms with E-state index < -0.39 is 5.97 Å². The lowest BCUT2D eigenvalue weighted by molar-refractivity contribution is 0.0698. The van der Waals surface area contributed by atoms with Crippen molar-refractivity contribution in [3.8, 4) is 0 Å². The third-order valence-corrected chi connectivity index (χ3v) is 1.55. The highest BCUT2D eigenvalue weighted by Crippen LogP contribution is 2.17. The summed E-state index contributed by atoms with van der Waals surface area (Å²) in [6.07, 6.45) is 2.50. The lowest BCUT2D eigenvalue weighted by Crippen LogP contribution is -1.95. The SMILES string of the molecule is CCC=Nc1ccccc1C(=O)O. The maximum Gasteiger partial charge on any atom is 0.337 e. The predicted octanol–water partition coefficient (Wildman–Crippen LogP) is 2.50. The summed E-state index contributed by atoms with van der Waals surface area (Å²) in [6.45, 7) is 1.95. The number of carboxylic acid groups (broad SMARTS) is 1. The summed E-state index contributed by atoms with van der Waals surface area (Å²) in [5.74, 6) is -0.941. The molecule has 0 fully saturated rings. The molecular weight excluding hydrogens is 166 g/mol. The molecule has 3 nitrogen and oxygen atoms in total. The van der Waals surface area contributed by atoms with Crippen LogP contribution in [0.4, 0.5) is 5.69 Å². The van der Waals surface area contributed by atoms with E-state index in [9.17, 15) is 4.79 Å². The van der Waals surface area contributed by atoms with Gasteiger partial charge in [-0.3, -0.25) is 4.99 Å². The Kier molecular flexibility index (Phi) is 3.20. The Balaban J connectivity index is 3.05. The van der Waals surface area contributed by atoms with Gasteiger partial charge in [0.2, 0.25) is 0 Å². The number of carboxylic acids is 1. The summed E-state index contributed by atoms with van der Waals surface area (Å²) in [5, 5.41) is 8.79. The molecule has 3 heteroatoms. The van der Waals surface area contributed by atoms with Crippen molar-refractivity contribution in [2.24, 2.45) is 4.99 Å². The Morgan fingerprint density at radius 2 is 2.23 bits per heavy atom. The van der Waals surface area contributed by atoms with Gasteiger partial charge in [0, 0.05) is 6.21 Å². The van der Waals surface area contributed by atoms with Gasteiger partial charge in [-0.25, -0.2) is 4.79 Å². The zero-order valence-corrected chi connectivity index (χ0v) is 7.40. The molecule has 68 valence electrons. The van der Waals surface area contributed by atoms with Gasteiger partial charge in [-0.05, 0) is 18.6 Å². The van der Waals surface area contributed by atoms with E-state index in [1.165, 1.54) is 0 Å². The molecule has 0 aliphatic rings. The zero-order valence-electron chi connectivity index (χ0n) is 7.40. The standard InChI is InChI=1S/C10H11NO2/c1-2-7-11-9-6-4-3-5-8(9)10(12)13/h3-7H,2H2,1H3,(H,12,13). The van der Waals surface area contributed by atoms with Crippen molar-refractivity contribution >= 4 is 17.9 Å². The van der Waals surface area contributed by atoms with E-state index >= 15 is 0 Å². The van der Waals surface area contributed by atoms with Crippen LogP contribution in [0.3, 0.4) is 0 Å². The minimum Gasteiger partial charge on any atom is -0.478 e. The molecule has 1 rings (SSSR count). The van der Waals surface area contributed by atoms with Crippen LogP contribution >= 0.6 is 0 Å². The molecule has 0 amide bonds. The van der Waals surface area contributed by atoms with Crippen molar-refractivity contribution in [2.45, 2.75) is 13.3 Å². The van der Waals surface area contributed by atoms with E-state index in [0.29, 0.717) is 5.69 Å². The second-order valence-electron chi connectivity index (χ2n) is 2.54. The molecule has 0 heterocycles. The smallest absolute Gasteiger partial charge is 0.337 e. The number of hydrogen-bond acceptors (Lipinski definition) is 2. The second kappa shape index (κ2) is 4.40. The van der Waals surface area contributed by atoms with Crippen molar-refractivity contribution < 1.29 is 9.90 Å². The van der Waals surface area contributed by atoms with Crippen molar-refractivity contribution in [1.82, 2.24) is 0 Å². The van der Waals surface area contributed by atoms with Gasteiger partial charge in [-0.1, -0.05) is 19.1 Å². The molecule has 0 unspecified atom stereocenters. The van der Waals surface area contributed by atoms with E-state index in [2.05, 4.69) is 4.99 Å². The summed E-state index contributed by atoms with van der Waals surface area (Å²) in [6, 6.07) is 6.70. The number of para-hydroxylation sites is 1. The highest BCUT2D eigenvalue weighted by atomic mass is 16.4. The highest BCUT2D eigenvalue weighted by molar-refractivity contribution is 5.94. The molecule has 0 spiro atoms. The summed E-state index contributed by atoms with van der Waals surface area (Å²) >= 11 is 0. The number of aromatic carboxylic acids is 1. The predicted molar refractivity (Wildman–Crippen MR) is 51.8 cm³/mol. The molecule has 0 atom stereocenters. The van der Waals surface area contributed by atoms with Gasteiger partial charge in [0.15, 0.2) is 0 Å². The van der Waals surface area contributed by atoms with Crippen molar-refractivity contribution in [1.29, 1.82) is 0 Å². The molecule has 0 aliphatic heterocycles. The number of nitrogens with zero attached hydrogens (tertiary/aromatic N) is 1. The Morgan fingerprint density at radius 1 is 1.54 bits per heavy atom. The quantitative estimate of drug-likeness (QED) is 0.721. The number of benzene rings is 1. The van der Waals surface area contributed by atoms with Crippen LogP contribution in [-0.2, 0) is 0 Å². The van der Waals surface area contributed by atoms with Crippen LogP contribution in [0.1, 0.15) is 23.7 Å². The lowest BCUT2D eigenvalue weighted by atomic mass is 10.2. The zero-order chi connectivity index (χ0) is 9.68. The van der Waals surface area contributed by atoms with Gasteiger partial charge in [0.1, 0.15) is 0 Å². The van der Waals surface area contributed by atoms with Gasteiger partial charge >= 0.3 is 5.97 Å². The van der Waals surface area contributed by atoms with Crippen LogP contribution in [0.25, 0.3) is 0 Å². The summed E-state index contributed by atoms with van der Waals surface area (Å²) in [4.78, 5) is 14.8. The molecule has 1 N–H and O–H groups in total. The number of aliphatic imine (C=N–C) groups is 1. The highest BCUT2D eigenvalue weighted by Gasteiger charge is 2.06. The number of rotatable bonds is 3. The normalized spacial score (nSPS) is 10.5. The fraction of sp³-hybridized carbons (Fsp3) is 0.200. The molecule has 0 bridgehead atoms. The molecule has 1 aromatic rings. The first-order chi connectivity index (χ1) is 6.25. The first kappa shape index (κ1) is 9.45. The van der Waals surface area contributed by atoms with Crippen LogP contribution in [-0.4, -0.2) is 17.3 Å². The van der Waals surface area contributed by atoms with E-state index in [4.69, 9.17) is 5.11 Å². The van der Waals surface area contributed by atoms with Crippen molar-refractivity contribution in [2.75, 3.05) is 0 Å². The average molecular weight is 177 g/mol. The van der Waals surface area contributed by atoms with Gasteiger partial charge in [-0.2, -0.15) is 0 Å². The summed E-state index contributed by atoms with van der Waals surface area (Å²) in [7, 11) is 0. The average Bonchev–Trinajstić information content (AvgIpc) is 2.15. The number of carbonyl (C=O) groups is 1.